The van der Waals surface area contributed by atoms with Crippen LogP contribution in [0.3, 0.4) is 0 Å². The molecule has 0 saturated heterocycles. The Labute approximate surface area is 177 Å². The zero-order chi connectivity index (χ0) is 20.7. The molecule has 1 heterocycles. The van der Waals surface area contributed by atoms with Crippen molar-refractivity contribution in [3.63, 3.8) is 0 Å². The molecule has 3 heteroatoms. The van der Waals surface area contributed by atoms with Gasteiger partial charge < -0.3 is 9.47 Å². The Kier molecular flexibility index (Phi) is 4.82. The highest BCUT2D eigenvalue weighted by molar-refractivity contribution is 6.08. The summed E-state index contributed by atoms with van der Waals surface area (Å²) < 4.78 is 2.37. The fourth-order valence-electron chi connectivity index (χ4n) is 4.62. The maximum Gasteiger partial charge on any atom is 0.226 e. The van der Waals surface area contributed by atoms with Crippen molar-refractivity contribution in [1.82, 2.24) is 9.47 Å². The first-order chi connectivity index (χ1) is 14.7. The first-order valence-electron chi connectivity index (χ1n) is 11.0. The van der Waals surface area contributed by atoms with Gasteiger partial charge in [-0.05, 0) is 56.0 Å². The van der Waals surface area contributed by atoms with Gasteiger partial charge in [0.15, 0.2) is 0 Å². The van der Waals surface area contributed by atoms with Gasteiger partial charge in [-0.1, -0.05) is 54.6 Å². The van der Waals surface area contributed by atoms with Gasteiger partial charge in [0.25, 0.3) is 0 Å². The predicted molar refractivity (Wildman–Crippen MR) is 123 cm³/mol. The van der Waals surface area contributed by atoms with Crippen LogP contribution < -0.4 is 0 Å². The van der Waals surface area contributed by atoms with E-state index in [1.54, 1.807) is 0 Å². The zero-order valence-electron chi connectivity index (χ0n) is 17.7. The Bertz CT molecular complexity index is 1200. The number of benzene rings is 3. The summed E-state index contributed by atoms with van der Waals surface area (Å²) in [5.41, 5.74) is 4.92. The molecule has 1 aliphatic carbocycles. The molecule has 1 atom stereocenters. The number of rotatable bonds is 6. The van der Waals surface area contributed by atoms with Crippen molar-refractivity contribution in [2.45, 2.75) is 45.8 Å². The third-order valence-electron chi connectivity index (χ3n) is 6.47. The highest BCUT2D eigenvalue weighted by Crippen LogP contribution is 2.36. The summed E-state index contributed by atoms with van der Waals surface area (Å²) in [6.07, 6.45) is 2.06. The lowest BCUT2D eigenvalue weighted by Gasteiger charge is -2.30. The molecular weight excluding hydrogens is 368 g/mol. The number of carbonyl (C=O) groups excluding carboxylic acids is 1. The SMILES string of the molecule is CCn1c2ccccc2c2cc(CN(C(=O)C3CC3)C(C)c3ccccc3)ccc21. The molecule has 30 heavy (non-hydrogen) atoms. The van der Waals surface area contributed by atoms with Gasteiger partial charge in [0.05, 0.1) is 6.04 Å². The first kappa shape index (κ1) is 18.9. The quantitative estimate of drug-likeness (QED) is 0.375. The largest absolute Gasteiger partial charge is 0.341 e. The van der Waals surface area contributed by atoms with Gasteiger partial charge in [-0.2, -0.15) is 0 Å². The van der Waals surface area contributed by atoms with E-state index in [9.17, 15) is 4.79 Å². The number of para-hydroxylation sites is 1. The van der Waals surface area contributed by atoms with E-state index in [0.717, 1.165) is 19.4 Å². The molecule has 1 aromatic heterocycles. The highest BCUT2D eigenvalue weighted by atomic mass is 16.2. The van der Waals surface area contributed by atoms with E-state index in [4.69, 9.17) is 0 Å². The summed E-state index contributed by atoms with van der Waals surface area (Å²) in [5, 5.41) is 2.56. The Hall–Kier alpha value is -3.07. The Morgan fingerprint density at radius 3 is 2.40 bits per heavy atom. The number of aryl methyl sites for hydroxylation is 1. The van der Waals surface area contributed by atoms with Crippen LogP contribution in [0.4, 0.5) is 0 Å². The van der Waals surface area contributed by atoms with Crippen LogP contribution in [-0.4, -0.2) is 15.4 Å². The van der Waals surface area contributed by atoms with Gasteiger partial charge in [-0.15, -0.1) is 0 Å². The van der Waals surface area contributed by atoms with Crippen LogP contribution in [0.2, 0.25) is 0 Å². The number of amides is 1. The van der Waals surface area contributed by atoms with Crippen molar-refractivity contribution in [2.24, 2.45) is 5.92 Å². The van der Waals surface area contributed by atoms with E-state index in [0.29, 0.717) is 12.5 Å². The number of hydrogen-bond donors (Lipinski definition) is 0. The highest BCUT2D eigenvalue weighted by Gasteiger charge is 2.35. The van der Waals surface area contributed by atoms with E-state index in [-0.39, 0.29) is 12.0 Å². The van der Waals surface area contributed by atoms with Crippen molar-refractivity contribution in [3.8, 4) is 0 Å². The molecule has 1 saturated carbocycles. The fraction of sp³-hybridized carbons (Fsp3) is 0.296. The van der Waals surface area contributed by atoms with E-state index in [2.05, 4.69) is 90.0 Å². The molecule has 0 N–H and O–H groups in total. The molecule has 0 bridgehead atoms. The zero-order valence-corrected chi connectivity index (χ0v) is 17.7. The van der Waals surface area contributed by atoms with Gasteiger partial charge in [-0.25, -0.2) is 0 Å². The lowest BCUT2D eigenvalue weighted by atomic mass is 10.0. The van der Waals surface area contributed by atoms with Crippen LogP contribution in [0.5, 0.6) is 0 Å². The van der Waals surface area contributed by atoms with Crippen LogP contribution in [-0.2, 0) is 17.9 Å². The molecule has 1 aliphatic rings. The number of aromatic nitrogens is 1. The first-order valence-corrected chi connectivity index (χ1v) is 11.0. The monoisotopic (exact) mass is 396 g/mol. The van der Waals surface area contributed by atoms with Crippen molar-refractivity contribution >= 4 is 27.7 Å². The second kappa shape index (κ2) is 7.64. The molecule has 1 amide bonds. The Balaban J connectivity index is 1.54. The van der Waals surface area contributed by atoms with Gasteiger partial charge in [0.1, 0.15) is 0 Å². The third kappa shape index (κ3) is 3.28. The maximum atomic E-state index is 13.2. The molecule has 1 fully saturated rings. The average molecular weight is 397 g/mol. The summed E-state index contributed by atoms with van der Waals surface area (Å²) in [7, 11) is 0. The molecule has 3 aromatic carbocycles. The third-order valence-corrected chi connectivity index (χ3v) is 6.47. The lowest BCUT2D eigenvalue weighted by Crippen LogP contribution is -2.34. The summed E-state index contributed by atoms with van der Waals surface area (Å²) in [6.45, 7) is 5.93. The Morgan fingerprint density at radius 2 is 1.67 bits per heavy atom. The number of hydrogen-bond acceptors (Lipinski definition) is 1. The second-order valence-corrected chi connectivity index (χ2v) is 8.44. The maximum absolute atomic E-state index is 13.2. The summed E-state index contributed by atoms with van der Waals surface area (Å²) >= 11 is 0. The Morgan fingerprint density at radius 1 is 0.967 bits per heavy atom. The van der Waals surface area contributed by atoms with Crippen LogP contribution in [0.15, 0.2) is 72.8 Å². The number of carbonyl (C=O) groups is 1. The fourth-order valence-corrected chi connectivity index (χ4v) is 4.62. The minimum Gasteiger partial charge on any atom is -0.341 e. The summed E-state index contributed by atoms with van der Waals surface area (Å²) in [4.78, 5) is 15.2. The van der Waals surface area contributed by atoms with E-state index in [1.807, 2.05) is 6.07 Å². The second-order valence-electron chi connectivity index (χ2n) is 8.44. The van der Waals surface area contributed by atoms with Crippen LogP contribution >= 0.6 is 0 Å². The molecule has 1 unspecified atom stereocenters. The van der Waals surface area contributed by atoms with Crippen LogP contribution in [0.1, 0.15) is 43.9 Å². The normalized spacial score (nSPS) is 14.9. The standard InChI is InChI=1S/C27H28N2O/c1-3-28-25-12-8-7-11-23(25)24-17-20(13-16-26(24)28)18-29(27(30)22-14-15-22)19(2)21-9-5-4-6-10-21/h4-13,16-17,19,22H,3,14-15,18H2,1-2H3. The molecule has 0 spiro atoms. The molecule has 152 valence electrons. The lowest BCUT2D eigenvalue weighted by molar-refractivity contribution is -0.135. The van der Waals surface area contributed by atoms with Gasteiger partial charge >= 0.3 is 0 Å². The predicted octanol–water partition coefficient (Wildman–Crippen LogP) is 6.31. The molecule has 0 radical (unpaired) electrons. The number of fused-ring (bicyclic) bond motifs is 3. The minimum atomic E-state index is 0.0620. The molecule has 4 aromatic rings. The van der Waals surface area contributed by atoms with Crippen molar-refractivity contribution in [2.75, 3.05) is 0 Å². The average Bonchev–Trinajstić information content (AvgIpc) is 3.60. The molecule has 5 rings (SSSR count). The minimum absolute atomic E-state index is 0.0620. The van der Waals surface area contributed by atoms with Gasteiger partial charge in [0, 0.05) is 40.8 Å². The smallest absolute Gasteiger partial charge is 0.226 e. The van der Waals surface area contributed by atoms with Crippen molar-refractivity contribution < 1.29 is 4.79 Å². The molecule has 0 aliphatic heterocycles. The molecule has 3 nitrogen and oxygen atoms in total. The molecular formula is C27H28N2O. The van der Waals surface area contributed by atoms with Gasteiger partial charge in [-0.3, -0.25) is 4.79 Å². The van der Waals surface area contributed by atoms with E-state index in [1.165, 1.54) is 32.9 Å². The van der Waals surface area contributed by atoms with Crippen LogP contribution in [0, 0.1) is 5.92 Å². The van der Waals surface area contributed by atoms with E-state index >= 15 is 0 Å². The topological polar surface area (TPSA) is 25.2 Å². The summed E-state index contributed by atoms with van der Waals surface area (Å²) in [6, 6.07) is 25.7. The van der Waals surface area contributed by atoms with Gasteiger partial charge in [0.2, 0.25) is 5.91 Å². The van der Waals surface area contributed by atoms with Crippen molar-refractivity contribution in [1.29, 1.82) is 0 Å². The number of nitrogens with zero attached hydrogens (tertiary/aromatic N) is 2. The van der Waals surface area contributed by atoms with Crippen LogP contribution in [0.25, 0.3) is 21.8 Å². The van der Waals surface area contributed by atoms with Crippen molar-refractivity contribution in [3.05, 3.63) is 83.9 Å². The summed E-state index contributed by atoms with van der Waals surface area (Å²) in [5.74, 6) is 0.504. The van der Waals surface area contributed by atoms with E-state index < -0.39 is 0 Å².